The number of H-pyrrole nitrogens is 1. The summed E-state index contributed by atoms with van der Waals surface area (Å²) in [5.74, 6) is 0. The second kappa shape index (κ2) is 7.58. The van der Waals surface area contributed by atoms with E-state index >= 15 is 0 Å². The van der Waals surface area contributed by atoms with E-state index in [1.165, 1.54) is 0 Å². The Balaban J connectivity index is 1.94. The third kappa shape index (κ3) is 3.82. The van der Waals surface area contributed by atoms with E-state index in [4.69, 9.17) is 0 Å². The van der Waals surface area contributed by atoms with Crippen LogP contribution < -0.4 is 5.32 Å². The van der Waals surface area contributed by atoms with E-state index < -0.39 is 0 Å². The Morgan fingerprint density at radius 3 is 2.59 bits per heavy atom. The van der Waals surface area contributed by atoms with Crippen LogP contribution in [0.15, 0.2) is 43.1 Å². The first kappa shape index (κ1) is 18.6. The molecular formula is C22H25N5. The quantitative estimate of drug-likeness (QED) is 0.675. The van der Waals surface area contributed by atoms with Crippen LogP contribution in [0.5, 0.6) is 0 Å². The lowest BCUT2D eigenvalue weighted by molar-refractivity contribution is 1.03. The summed E-state index contributed by atoms with van der Waals surface area (Å²) in [6.45, 7) is 14.2. The van der Waals surface area contributed by atoms with Crippen molar-refractivity contribution in [2.45, 2.75) is 34.6 Å². The fraction of sp³-hybridized carbons (Fsp3) is 0.227. The predicted molar refractivity (Wildman–Crippen MR) is 111 cm³/mol. The Hall–Kier alpha value is -3.21. The van der Waals surface area contributed by atoms with Gasteiger partial charge in [0.2, 0.25) is 0 Å². The SMILES string of the molecule is C=C(Nc1cnc(C)c(/C(=C\C)c2cccc(C)n2)c1)c1n[nH]c(C)c1C. The van der Waals surface area contributed by atoms with Crippen LogP contribution in [-0.2, 0) is 0 Å². The van der Waals surface area contributed by atoms with Gasteiger partial charge in [0.05, 0.1) is 23.3 Å². The molecule has 27 heavy (non-hydrogen) atoms. The molecule has 0 fully saturated rings. The summed E-state index contributed by atoms with van der Waals surface area (Å²) in [7, 11) is 0. The van der Waals surface area contributed by atoms with E-state index in [0.29, 0.717) is 0 Å². The second-order valence-electron chi connectivity index (χ2n) is 6.65. The fourth-order valence-corrected chi connectivity index (χ4v) is 3.02. The Morgan fingerprint density at radius 1 is 1.19 bits per heavy atom. The monoisotopic (exact) mass is 359 g/mol. The summed E-state index contributed by atoms with van der Waals surface area (Å²) in [6.07, 6.45) is 3.89. The summed E-state index contributed by atoms with van der Waals surface area (Å²) in [5, 5.41) is 10.7. The van der Waals surface area contributed by atoms with Crippen molar-refractivity contribution in [3.8, 4) is 0 Å². The fourth-order valence-electron chi connectivity index (χ4n) is 3.02. The zero-order valence-corrected chi connectivity index (χ0v) is 16.5. The van der Waals surface area contributed by atoms with Gasteiger partial charge in [-0.1, -0.05) is 18.7 Å². The molecule has 0 aliphatic carbocycles. The number of anilines is 1. The molecule has 0 aliphatic rings. The van der Waals surface area contributed by atoms with Crippen molar-refractivity contribution in [3.05, 3.63) is 82.7 Å². The van der Waals surface area contributed by atoms with Gasteiger partial charge in [-0.2, -0.15) is 5.10 Å². The van der Waals surface area contributed by atoms with Crippen LogP contribution in [0.3, 0.4) is 0 Å². The maximum Gasteiger partial charge on any atom is 0.111 e. The van der Waals surface area contributed by atoms with Crippen LogP contribution in [0, 0.1) is 27.7 Å². The zero-order chi connectivity index (χ0) is 19.6. The number of hydrogen-bond donors (Lipinski definition) is 2. The van der Waals surface area contributed by atoms with Gasteiger partial charge in [-0.3, -0.25) is 15.1 Å². The summed E-state index contributed by atoms with van der Waals surface area (Å²) in [4.78, 5) is 9.24. The second-order valence-corrected chi connectivity index (χ2v) is 6.65. The van der Waals surface area contributed by atoms with Crippen molar-refractivity contribution in [3.63, 3.8) is 0 Å². The lowest BCUT2D eigenvalue weighted by Crippen LogP contribution is -2.03. The van der Waals surface area contributed by atoms with E-state index in [0.717, 1.165) is 56.6 Å². The average Bonchev–Trinajstić information content (AvgIpc) is 2.97. The molecule has 3 heterocycles. The number of rotatable bonds is 5. The number of nitrogens with one attached hydrogen (secondary N) is 2. The molecule has 3 aromatic heterocycles. The standard InChI is InChI=1S/C22H25N5/c1-7-19(21-10-8-9-13(2)24-21)20-11-18(12-23-16(20)5)25-17(6)22-14(3)15(4)26-27-22/h7-12,25H,6H2,1-5H3,(H,26,27)/b19-7+. The van der Waals surface area contributed by atoms with Gasteiger partial charge in [0.25, 0.3) is 0 Å². The molecule has 5 heteroatoms. The van der Waals surface area contributed by atoms with Crippen LogP contribution in [0.1, 0.15) is 46.5 Å². The summed E-state index contributed by atoms with van der Waals surface area (Å²) >= 11 is 0. The number of aryl methyl sites for hydroxylation is 3. The highest BCUT2D eigenvalue weighted by molar-refractivity contribution is 5.82. The highest BCUT2D eigenvalue weighted by Gasteiger charge is 2.13. The highest BCUT2D eigenvalue weighted by Crippen LogP contribution is 2.28. The normalized spacial score (nSPS) is 11.5. The topological polar surface area (TPSA) is 66.5 Å². The van der Waals surface area contributed by atoms with Crippen molar-refractivity contribution < 1.29 is 0 Å². The van der Waals surface area contributed by atoms with Gasteiger partial charge >= 0.3 is 0 Å². The molecule has 0 saturated carbocycles. The van der Waals surface area contributed by atoms with E-state index in [9.17, 15) is 0 Å². The van der Waals surface area contributed by atoms with Gasteiger partial charge in [0, 0.05) is 28.2 Å². The lowest BCUT2D eigenvalue weighted by atomic mass is 10.00. The molecule has 3 rings (SSSR count). The van der Waals surface area contributed by atoms with Crippen LogP contribution in [0.25, 0.3) is 11.3 Å². The Morgan fingerprint density at radius 2 is 1.96 bits per heavy atom. The van der Waals surface area contributed by atoms with Gasteiger partial charge in [-0.05, 0) is 58.4 Å². The van der Waals surface area contributed by atoms with Crippen LogP contribution in [-0.4, -0.2) is 20.2 Å². The third-order valence-electron chi connectivity index (χ3n) is 4.66. The molecule has 0 aromatic carbocycles. The number of nitrogens with zero attached hydrogens (tertiary/aromatic N) is 3. The van der Waals surface area contributed by atoms with E-state index in [1.807, 2.05) is 59.0 Å². The minimum absolute atomic E-state index is 0.740. The summed E-state index contributed by atoms with van der Waals surface area (Å²) in [5.41, 5.74) is 9.56. The maximum atomic E-state index is 4.67. The summed E-state index contributed by atoms with van der Waals surface area (Å²) < 4.78 is 0. The molecule has 138 valence electrons. The van der Waals surface area contributed by atoms with Gasteiger partial charge < -0.3 is 5.32 Å². The smallest absolute Gasteiger partial charge is 0.111 e. The van der Waals surface area contributed by atoms with E-state index in [1.54, 1.807) is 0 Å². The van der Waals surface area contributed by atoms with Crippen molar-refractivity contribution in [2.24, 2.45) is 0 Å². The first-order valence-electron chi connectivity index (χ1n) is 8.96. The van der Waals surface area contributed by atoms with Crippen molar-refractivity contribution in [1.82, 2.24) is 20.2 Å². The van der Waals surface area contributed by atoms with Crippen LogP contribution in [0.4, 0.5) is 5.69 Å². The Bertz CT molecular complexity index is 1030. The molecule has 0 bridgehead atoms. The summed E-state index contributed by atoms with van der Waals surface area (Å²) in [6, 6.07) is 8.13. The van der Waals surface area contributed by atoms with Crippen LogP contribution >= 0.6 is 0 Å². The number of aromatic nitrogens is 4. The molecule has 0 saturated heterocycles. The lowest BCUT2D eigenvalue weighted by Gasteiger charge is -2.14. The zero-order valence-electron chi connectivity index (χ0n) is 16.5. The van der Waals surface area contributed by atoms with E-state index in [-0.39, 0.29) is 0 Å². The minimum Gasteiger partial charge on any atom is -0.353 e. The largest absolute Gasteiger partial charge is 0.353 e. The molecule has 2 N–H and O–H groups in total. The number of hydrogen-bond acceptors (Lipinski definition) is 4. The number of allylic oxidation sites excluding steroid dienone is 1. The molecule has 0 aliphatic heterocycles. The molecule has 0 amide bonds. The van der Waals surface area contributed by atoms with Gasteiger partial charge in [0.1, 0.15) is 5.69 Å². The number of aromatic amines is 1. The predicted octanol–water partition coefficient (Wildman–Crippen LogP) is 4.97. The molecule has 0 atom stereocenters. The highest BCUT2D eigenvalue weighted by atomic mass is 15.1. The molecular weight excluding hydrogens is 334 g/mol. The third-order valence-corrected chi connectivity index (χ3v) is 4.66. The Kier molecular flexibility index (Phi) is 5.21. The molecule has 0 radical (unpaired) electrons. The molecule has 5 nitrogen and oxygen atoms in total. The molecule has 0 spiro atoms. The maximum absolute atomic E-state index is 4.67. The molecule has 0 unspecified atom stereocenters. The van der Waals surface area contributed by atoms with Gasteiger partial charge in [-0.15, -0.1) is 0 Å². The first-order chi connectivity index (χ1) is 12.9. The number of pyridine rings is 2. The average molecular weight is 359 g/mol. The first-order valence-corrected chi connectivity index (χ1v) is 8.96. The van der Waals surface area contributed by atoms with Crippen molar-refractivity contribution in [1.29, 1.82) is 0 Å². The Labute approximate surface area is 160 Å². The van der Waals surface area contributed by atoms with Gasteiger partial charge in [0.15, 0.2) is 0 Å². The van der Waals surface area contributed by atoms with E-state index in [2.05, 4.69) is 44.2 Å². The van der Waals surface area contributed by atoms with Crippen molar-refractivity contribution >= 4 is 17.0 Å². The minimum atomic E-state index is 0.740. The molecule has 3 aromatic rings. The van der Waals surface area contributed by atoms with Crippen LogP contribution in [0.2, 0.25) is 0 Å². The van der Waals surface area contributed by atoms with Crippen molar-refractivity contribution in [2.75, 3.05) is 5.32 Å². The van der Waals surface area contributed by atoms with Gasteiger partial charge in [-0.25, -0.2) is 0 Å².